The lowest BCUT2D eigenvalue weighted by molar-refractivity contribution is 0.596. The van der Waals surface area contributed by atoms with Crippen LogP contribution in [0.25, 0.3) is 5.69 Å². The highest BCUT2D eigenvalue weighted by atomic mass is 15.5. The SMILES string of the molecule is Cc1nnnn1Cc1ncnn1-c1ccc2c(c1)CCC2. The maximum atomic E-state index is 4.35. The van der Waals surface area contributed by atoms with Crippen molar-refractivity contribution in [3.63, 3.8) is 0 Å². The first-order valence-electron chi connectivity index (χ1n) is 7.05. The van der Waals surface area contributed by atoms with Crippen molar-refractivity contribution < 1.29 is 0 Å². The summed E-state index contributed by atoms with van der Waals surface area (Å²) >= 11 is 0. The van der Waals surface area contributed by atoms with Crippen LogP contribution in [0.5, 0.6) is 0 Å². The van der Waals surface area contributed by atoms with Crippen LogP contribution in [-0.2, 0) is 19.4 Å². The molecule has 0 aliphatic heterocycles. The highest BCUT2D eigenvalue weighted by molar-refractivity contribution is 5.42. The van der Waals surface area contributed by atoms with Gasteiger partial charge >= 0.3 is 0 Å². The van der Waals surface area contributed by atoms with Crippen molar-refractivity contribution in [3.05, 3.63) is 47.3 Å². The smallest absolute Gasteiger partial charge is 0.154 e. The number of hydrogen-bond acceptors (Lipinski definition) is 5. The molecule has 1 aromatic carbocycles. The Hall–Kier alpha value is -2.57. The fourth-order valence-electron chi connectivity index (χ4n) is 2.81. The van der Waals surface area contributed by atoms with E-state index in [1.165, 1.54) is 24.0 Å². The fourth-order valence-corrected chi connectivity index (χ4v) is 2.81. The van der Waals surface area contributed by atoms with Crippen molar-refractivity contribution in [2.24, 2.45) is 0 Å². The van der Waals surface area contributed by atoms with E-state index in [0.717, 1.165) is 23.8 Å². The molecule has 1 aliphatic carbocycles. The quantitative estimate of drug-likeness (QED) is 0.718. The molecule has 0 N–H and O–H groups in total. The van der Waals surface area contributed by atoms with Crippen molar-refractivity contribution in [3.8, 4) is 5.69 Å². The maximum absolute atomic E-state index is 4.35. The van der Waals surface area contributed by atoms with E-state index in [-0.39, 0.29) is 0 Å². The van der Waals surface area contributed by atoms with Gasteiger partial charge in [0.15, 0.2) is 5.82 Å². The van der Waals surface area contributed by atoms with Crippen LogP contribution in [0, 0.1) is 6.92 Å². The molecular weight excluding hydrogens is 266 g/mol. The molecule has 1 aliphatic rings. The van der Waals surface area contributed by atoms with E-state index in [9.17, 15) is 0 Å². The number of tetrazole rings is 1. The molecule has 21 heavy (non-hydrogen) atoms. The number of nitrogens with zero attached hydrogens (tertiary/aromatic N) is 7. The second-order valence-electron chi connectivity index (χ2n) is 5.28. The Balaban J connectivity index is 1.70. The van der Waals surface area contributed by atoms with Gasteiger partial charge in [-0.05, 0) is 59.9 Å². The summed E-state index contributed by atoms with van der Waals surface area (Å²) < 4.78 is 3.58. The summed E-state index contributed by atoms with van der Waals surface area (Å²) in [6.07, 6.45) is 5.15. The first-order chi connectivity index (χ1) is 10.3. The predicted molar refractivity (Wildman–Crippen MR) is 75.0 cm³/mol. The Morgan fingerprint density at radius 3 is 2.95 bits per heavy atom. The molecule has 7 nitrogen and oxygen atoms in total. The van der Waals surface area contributed by atoms with Crippen molar-refractivity contribution in [1.82, 2.24) is 35.0 Å². The highest BCUT2D eigenvalue weighted by Crippen LogP contribution is 2.24. The largest absolute Gasteiger partial charge is 0.222 e. The molecule has 0 saturated heterocycles. The number of hydrogen-bond donors (Lipinski definition) is 0. The van der Waals surface area contributed by atoms with Gasteiger partial charge in [0.2, 0.25) is 0 Å². The molecule has 2 heterocycles. The summed E-state index contributed by atoms with van der Waals surface area (Å²) in [5.74, 6) is 1.59. The number of fused-ring (bicyclic) bond motifs is 1. The molecule has 0 bridgehead atoms. The topological polar surface area (TPSA) is 74.3 Å². The summed E-state index contributed by atoms with van der Waals surface area (Å²) in [5, 5.41) is 15.9. The van der Waals surface area contributed by atoms with E-state index in [1.807, 2.05) is 11.6 Å². The molecule has 3 aromatic rings. The lowest BCUT2D eigenvalue weighted by Gasteiger charge is -2.08. The van der Waals surface area contributed by atoms with Gasteiger partial charge in [-0.1, -0.05) is 6.07 Å². The average Bonchev–Trinajstić information content (AvgIpc) is 3.20. The number of rotatable bonds is 3. The van der Waals surface area contributed by atoms with Gasteiger partial charge in [0.1, 0.15) is 18.7 Å². The van der Waals surface area contributed by atoms with Crippen molar-refractivity contribution in [2.45, 2.75) is 32.7 Å². The Morgan fingerprint density at radius 1 is 1.19 bits per heavy atom. The van der Waals surface area contributed by atoms with E-state index >= 15 is 0 Å². The molecule has 0 unspecified atom stereocenters. The van der Waals surface area contributed by atoms with E-state index in [0.29, 0.717) is 6.54 Å². The second kappa shape index (κ2) is 4.76. The van der Waals surface area contributed by atoms with E-state index in [4.69, 9.17) is 0 Å². The monoisotopic (exact) mass is 281 g/mol. The van der Waals surface area contributed by atoms with Crippen molar-refractivity contribution in [1.29, 1.82) is 0 Å². The van der Waals surface area contributed by atoms with Gasteiger partial charge in [-0.15, -0.1) is 5.10 Å². The van der Waals surface area contributed by atoms with E-state index in [2.05, 4.69) is 43.8 Å². The Kier molecular flexibility index (Phi) is 2.77. The second-order valence-corrected chi connectivity index (χ2v) is 5.28. The maximum Gasteiger partial charge on any atom is 0.154 e. The summed E-state index contributed by atoms with van der Waals surface area (Å²) in [6, 6.07) is 6.52. The van der Waals surface area contributed by atoms with Crippen LogP contribution in [0.2, 0.25) is 0 Å². The molecule has 0 radical (unpaired) electrons. The third kappa shape index (κ3) is 2.10. The fraction of sp³-hybridized carbons (Fsp3) is 0.357. The molecule has 106 valence electrons. The molecular formula is C14H15N7. The molecule has 0 saturated carbocycles. The lowest BCUT2D eigenvalue weighted by Crippen LogP contribution is -2.11. The van der Waals surface area contributed by atoms with Gasteiger partial charge in [-0.3, -0.25) is 0 Å². The molecule has 0 amide bonds. The first kappa shape index (κ1) is 12.2. The van der Waals surface area contributed by atoms with Gasteiger partial charge in [0.25, 0.3) is 0 Å². The Morgan fingerprint density at radius 2 is 2.10 bits per heavy atom. The third-order valence-corrected chi connectivity index (χ3v) is 3.95. The predicted octanol–water partition coefficient (Wildman–Crippen LogP) is 1.10. The lowest BCUT2D eigenvalue weighted by atomic mass is 10.1. The average molecular weight is 281 g/mol. The van der Waals surface area contributed by atoms with Gasteiger partial charge in [0.05, 0.1) is 5.69 Å². The van der Waals surface area contributed by atoms with Crippen molar-refractivity contribution in [2.75, 3.05) is 0 Å². The first-order valence-corrected chi connectivity index (χ1v) is 7.05. The number of benzene rings is 1. The van der Waals surface area contributed by atoms with Crippen LogP contribution in [0.1, 0.15) is 29.2 Å². The summed E-state index contributed by atoms with van der Waals surface area (Å²) in [4.78, 5) is 4.34. The van der Waals surface area contributed by atoms with Crippen LogP contribution >= 0.6 is 0 Å². The minimum atomic E-state index is 0.510. The minimum absolute atomic E-state index is 0.510. The zero-order valence-electron chi connectivity index (χ0n) is 11.8. The molecule has 0 spiro atoms. The molecule has 2 aromatic heterocycles. The van der Waals surface area contributed by atoms with Crippen LogP contribution in [0.4, 0.5) is 0 Å². The van der Waals surface area contributed by atoms with Gasteiger partial charge in [-0.25, -0.2) is 14.3 Å². The van der Waals surface area contributed by atoms with Crippen molar-refractivity contribution >= 4 is 0 Å². The minimum Gasteiger partial charge on any atom is -0.222 e. The summed E-state index contributed by atoms with van der Waals surface area (Å²) in [5.41, 5.74) is 3.93. The highest BCUT2D eigenvalue weighted by Gasteiger charge is 2.14. The Bertz CT molecular complexity index is 786. The molecule has 4 rings (SSSR count). The zero-order chi connectivity index (χ0) is 14.2. The summed E-state index contributed by atoms with van der Waals surface area (Å²) in [6.45, 7) is 2.38. The van der Waals surface area contributed by atoms with Crippen LogP contribution in [0.3, 0.4) is 0 Å². The zero-order valence-corrected chi connectivity index (χ0v) is 11.8. The van der Waals surface area contributed by atoms with Crippen LogP contribution in [0.15, 0.2) is 24.5 Å². The van der Waals surface area contributed by atoms with E-state index in [1.54, 1.807) is 11.0 Å². The molecule has 7 heteroatoms. The third-order valence-electron chi connectivity index (χ3n) is 3.95. The Labute approximate surface area is 121 Å². The van der Waals surface area contributed by atoms with E-state index < -0.39 is 0 Å². The molecule has 0 atom stereocenters. The van der Waals surface area contributed by atoms with Gasteiger partial charge < -0.3 is 0 Å². The van der Waals surface area contributed by atoms with Crippen LogP contribution < -0.4 is 0 Å². The molecule has 0 fully saturated rings. The standard InChI is InChI=1S/C14H15N7/c1-10-17-18-19-20(10)8-14-15-9-16-21(14)13-6-5-11-3-2-4-12(11)7-13/h5-7,9H,2-4,8H2,1H3. The number of aromatic nitrogens is 7. The summed E-state index contributed by atoms with van der Waals surface area (Å²) in [7, 11) is 0. The van der Waals surface area contributed by atoms with Crippen LogP contribution in [-0.4, -0.2) is 35.0 Å². The van der Waals surface area contributed by atoms with Gasteiger partial charge in [-0.2, -0.15) is 5.10 Å². The number of aryl methyl sites for hydroxylation is 3. The van der Waals surface area contributed by atoms with Gasteiger partial charge in [0, 0.05) is 0 Å². The normalized spacial score (nSPS) is 13.6.